The number of carbonyl (C=O) groups is 1. The van der Waals surface area contributed by atoms with Crippen molar-refractivity contribution in [3.63, 3.8) is 0 Å². The van der Waals surface area contributed by atoms with Crippen LogP contribution in [0.15, 0.2) is 42.6 Å². The lowest BCUT2D eigenvalue weighted by Crippen LogP contribution is -2.46. The Bertz CT molecular complexity index is 811. The van der Waals surface area contributed by atoms with Crippen LogP contribution in [0.1, 0.15) is 21.5 Å². The molecule has 1 aromatic heterocycles. The molecular formula is C19H20F3N3O2. The number of carbonyl (C=O) groups excluding carboxylic acids is 1. The fourth-order valence-corrected chi connectivity index (χ4v) is 3.05. The first-order valence-electron chi connectivity index (χ1n) is 8.57. The number of nitrogens with one attached hydrogen (secondary N) is 1. The minimum atomic E-state index is -4.38. The maximum atomic E-state index is 12.9. The van der Waals surface area contributed by atoms with E-state index < -0.39 is 11.7 Å². The first-order valence-corrected chi connectivity index (χ1v) is 8.57. The van der Waals surface area contributed by atoms with Gasteiger partial charge in [-0.05, 0) is 23.8 Å². The summed E-state index contributed by atoms with van der Waals surface area (Å²) in [7, 11) is 1.72. The third-order valence-electron chi connectivity index (χ3n) is 4.41. The molecule has 1 unspecified atom stereocenters. The third-order valence-corrected chi connectivity index (χ3v) is 4.41. The van der Waals surface area contributed by atoms with E-state index in [0.29, 0.717) is 43.1 Å². The van der Waals surface area contributed by atoms with Crippen LogP contribution < -0.4 is 5.32 Å². The fraction of sp³-hybridized carbons (Fsp3) is 0.368. The van der Waals surface area contributed by atoms with Gasteiger partial charge in [0.15, 0.2) is 0 Å². The number of aromatic nitrogens is 1. The van der Waals surface area contributed by atoms with E-state index in [1.165, 1.54) is 6.07 Å². The molecule has 0 aliphatic carbocycles. The molecule has 1 aromatic carbocycles. The van der Waals surface area contributed by atoms with Crippen molar-refractivity contribution in [1.29, 1.82) is 0 Å². The molecule has 2 heterocycles. The molecule has 0 spiro atoms. The number of pyridine rings is 1. The van der Waals surface area contributed by atoms with Crippen molar-refractivity contribution in [3.05, 3.63) is 59.3 Å². The van der Waals surface area contributed by atoms with E-state index in [1.807, 2.05) is 0 Å². The Balaban J connectivity index is 1.68. The van der Waals surface area contributed by atoms with Gasteiger partial charge in [-0.2, -0.15) is 13.2 Å². The molecule has 0 bridgehead atoms. The summed E-state index contributed by atoms with van der Waals surface area (Å²) in [5, 5.41) is 2.89. The summed E-state index contributed by atoms with van der Waals surface area (Å²) >= 11 is 0. The van der Waals surface area contributed by atoms with Crippen LogP contribution in [0.4, 0.5) is 19.0 Å². The van der Waals surface area contributed by atoms with Crippen LogP contribution in [0.2, 0.25) is 0 Å². The highest BCUT2D eigenvalue weighted by molar-refractivity contribution is 5.94. The van der Waals surface area contributed by atoms with E-state index in [9.17, 15) is 18.0 Å². The molecule has 5 nitrogen and oxygen atoms in total. The number of hydrogen-bond donors (Lipinski definition) is 1. The highest BCUT2D eigenvalue weighted by atomic mass is 19.4. The van der Waals surface area contributed by atoms with E-state index in [-0.39, 0.29) is 12.0 Å². The van der Waals surface area contributed by atoms with Crippen molar-refractivity contribution in [2.24, 2.45) is 0 Å². The van der Waals surface area contributed by atoms with E-state index in [4.69, 9.17) is 4.74 Å². The molecule has 0 radical (unpaired) electrons. The summed E-state index contributed by atoms with van der Waals surface area (Å²) < 4.78 is 44.3. The first-order chi connectivity index (χ1) is 12.9. The number of rotatable bonds is 4. The summed E-state index contributed by atoms with van der Waals surface area (Å²) in [5.41, 5.74) is 0.361. The van der Waals surface area contributed by atoms with E-state index in [2.05, 4.69) is 10.3 Å². The molecule has 144 valence electrons. The normalized spacial score (nSPS) is 17.6. The fourth-order valence-electron chi connectivity index (χ4n) is 3.05. The number of ether oxygens (including phenoxy) is 1. The molecule has 0 saturated carbocycles. The second-order valence-corrected chi connectivity index (χ2v) is 6.33. The largest absolute Gasteiger partial charge is 0.416 e. The van der Waals surface area contributed by atoms with Gasteiger partial charge in [-0.1, -0.05) is 18.2 Å². The molecule has 1 aliphatic rings. The van der Waals surface area contributed by atoms with Gasteiger partial charge in [0.1, 0.15) is 5.82 Å². The van der Waals surface area contributed by atoms with Crippen molar-refractivity contribution in [2.45, 2.75) is 18.7 Å². The van der Waals surface area contributed by atoms with Gasteiger partial charge in [0, 0.05) is 38.3 Å². The monoisotopic (exact) mass is 379 g/mol. The topological polar surface area (TPSA) is 54.5 Å². The smallest absolute Gasteiger partial charge is 0.374 e. The van der Waals surface area contributed by atoms with Crippen molar-refractivity contribution < 1.29 is 22.7 Å². The van der Waals surface area contributed by atoms with Gasteiger partial charge < -0.3 is 15.0 Å². The zero-order valence-electron chi connectivity index (χ0n) is 14.8. The molecule has 1 fully saturated rings. The number of nitrogens with zero attached hydrogens (tertiary/aromatic N) is 2. The molecule has 8 heteroatoms. The van der Waals surface area contributed by atoms with Gasteiger partial charge in [-0.15, -0.1) is 0 Å². The molecule has 1 saturated heterocycles. The Morgan fingerprint density at radius 3 is 2.89 bits per heavy atom. The van der Waals surface area contributed by atoms with Gasteiger partial charge in [-0.3, -0.25) is 4.79 Å². The second kappa shape index (κ2) is 7.96. The number of benzene rings is 1. The molecule has 2 aromatic rings. The zero-order valence-corrected chi connectivity index (χ0v) is 14.8. The quantitative estimate of drug-likeness (QED) is 0.886. The molecular weight excluding hydrogens is 359 g/mol. The van der Waals surface area contributed by atoms with Crippen molar-refractivity contribution in [2.75, 3.05) is 32.1 Å². The summed E-state index contributed by atoms with van der Waals surface area (Å²) in [6.07, 6.45) is -2.86. The summed E-state index contributed by atoms with van der Waals surface area (Å²) in [6.45, 7) is 1.11. The number of anilines is 1. The average Bonchev–Trinajstić information content (AvgIpc) is 2.67. The molecule has 1 N–H and O–H groups in total. The maximum absolute atomic E-state index is 12.9. The van der Waals surface area contributed by atoms with Crippen molar-refractivity contribution in [3.8, 4) is 0 Å². The number of amides is 1. The Kier molecular flexibility index (Phi) is 5.65. The van der Waals surface area contributed by atoms with Crippen LogP contribution in [0.5, 0.6) is 0 Å². The second-order valence-electron chi connectivity index (χ2n) is 6.33. The van der Waals surface area contributed by atoms with E-state index in [0.717, 1.165) is 12.1 Å². The van der Waals surface area contributed by atoms with Crippen LogP contribution >= 0.6 is 0 Å². The number of alkyl halides is 3. The highest BCUT2D eigenvalue weighted by Gasteiger charge is 2.31. The number of morpholine rings is 1. The lowest BCUT2D eigenvalue weighted by Gasteiger charge is -2.33. The van der Waals surface area contributed by atoms with E-state index in [1.54, 1.807) is 36.3 Å². The maximum Gasteiger partial charge on any atom is 0.416 e. The Morgan fingerprint density at radius 2 is 2.15 bits per heavy atom. The number of halogens is 3. The van der Waals surface area contributed by atoms with Gasteiger partial charge in [0.2, 0.25) is 0 Å². The van der Waals surface area contributed by atoms with Gasteiger partial charge in [0.25, 0.3) is 5.91 Å². The van der Waals surface area contributed by atoms with Crippen LogP contribution in [0.25, 0.3) is 0 Å². The lowest BCUT2D eigenvalue weighted by atomic mass is 10.0. The van der Waals surface area contributed by atoms with Gasteiger partial charge >= 0.3 is 6.18 Å². The Labute approximate surface area is 155 Å². The molecule has 1 atom stereocenters. The molecule has 1 amide bonds. The predicted octanol–water partition coefficient (Wildman–Crippen LogP) is 3.23. The first kappa shape index (κ1) is 19.2. The third kappa shape index (κ3) is 4.77. The minimum Gasteiger partial charge on any atom is -0.374 e. The van der Waals surface area contributed by atoms with Crippen molar-refractivity contribution >= 4 is 11.7 Å². The van der Waals surface area contributed by atoms with Crippen LogP contribution in [0, 0.1) is 0 Å². The van der Waals surface area contributed by atoms with Gasteiger partial charge in [-0.25, -0.2) is 4.98 Å². The summed E-state index contributed by atoms with van der Waals surface area (Å²) in [5.74, 6) is 0.445. The highest BCUT2D eigenvalue weighted by Crippen LogP contribution is 2.30. The Morgan fingerprint density at radius 1 is 1.33 bits per heavy atom. The predicted molar refractivity (Wildman–Crippen MR) is 94.6 cm³/mol. The van der Waals surface area contributed by atoms with E-state index >= 15 is 0 Å². The summed E-state index contributed by atoms with van der Waals surface area (Å²) in [6, 6.07) is 8.51. The zero-order chi connectivity index (χ0) is 19.4. The van der Waals surface area contributed by atoms with Crippen molar-refractivity contribution in [1.82, 2.24) is 9.88 Å². The van der Waals surface area contributed by atoms with Gasteiger partial charge in [0.05, 0.1) is 18.3 Å². The molecule has 27 heavy (non-hydrogen) atoms. The summed E-state index contributed by atoms with van der Waals surface area (Å²) in [4.78, 5) is 18.5. The molecule has 3 rings (SSSR count). The Hall–Kier alpha value is -2.61. The minimum absolute atomic E-state index is 0.147. The molecule has 1 aliphatic heterocycles. The average molecular weight is 379 g/mol. The van der Waals surface area contributed by atoms with Crippen LogP contribution in [-0.2, 0) is 17.3 Å². The lowest BCUT2D eigenvalue weighted by molar-refractivity contribution is -0.137. The van der Waals surface area contributed by atoms with Crippen LogP contribution in [0.3, 0.4) is 0 Å². The SMILES string of the molecule is CNc1cc(C(=O)N2CCOC(Cc3cccc(C(F)(F)F)c3)C2)ccn1. The number of hydrogen-bond acceptors (Lipinski definition) is 4. The van der Waals surface area contributed by atoms with Crippen LogP contribution in [-0.4, -0.2) is 48.6 Å². The standard InChI is InChI=1S/C19H20F3N3O2/c1-23-17-11-14(5-6-24-17)18(26)25-7-8-27-16(12-25)10-13-3-2-4-15(9-13)19(20,21)22/h2-6,9,11,16H,7-8,10,12H2,1H3,(H,23,24).